The average molecular weight is 772 g/mol. The van der Waals surface area contributed by atoms with E-state index >= 15 is 0 Å². The summed E-state index contributed by atoms with van der Waals surface area (Å²) in [5, 5.41) is 11.5. The lowest BCUT2D eigenvalue weighted by atomic mass is 10.0. The molecule has 16 heteroatoms. The predicted octanol–water partition coefficient (Wildman–Crippen LogP) is 2.76. The van der Waals surface area contributed by atoms with Crippen LogP contribution < -0.4 is 16.0 Å². The van der Waals surface area contributed by atoms with E-state index < -0.39 is 53.6 Å². The van der Waals surface area contributed by atoms with Crippen LogP contribution in [0.3, 0.4) is 0 Å². The Bertz CT molecular complexity index is 2080. The van der Waals surface area contributed by atoms with Crippen LogP contribution in [0.25, 0.3) is 10.9 Å². The molecule has 0 aliphatic carbocycles. The molecule has 0 spiro atoms. The first-order valence-electron chi connectivity index (χ1n) is 18.2. The van der Waals surface area contributed by atoms with Crippen LogP contribution in [0.2, 0.25) is 0 Å². The molecule has 4 heterocycles. The summed E-state index contributed by atoms with van der Waals surface area (Å²) in [5.41, 5.74) is 3.61. The Labute approximate surface area is 324 Å². The molecular formula is C39H49N9O6S. The topological polar surface area (TPSA) is 190 Å². The van der Waals surface area contributed by atoms with Gasteiger partial charge in [0.15, 0.2) is 0 Å². The number of pyridine rings is 1. The first kappa shape index (κ1) is 40.5. The normalized spacial score (nSPS) is 20.0. The maximum Gasteiger partial charge on any atom is 0.271 e. The third kappa shape index (κ3) is 10.1. The van der Waals surface area contributed by atoms with Crippen LogP contribution in [-0.4, -0.2) is 117 Å². The lowest BCUT2D eigenvalue weighted by Crippen LogP contribution is -2.53. The number of benzene rings is 1. The number of fused-ring (bicyclic) bond motifs is 3. The van der Waals surface area contributed by atoms with E-state index in [2.05, 4.69) is 30.9 Å². The van der Waals surface area contributed by atoms with Crippen LogP contribution in [0.4, 0.5) is 0 Å². The summed E-state index contributed by atoms with van der Waals surface area (Å²) in [6, 6.07) is 6.69. The van der Waals surface area contributed by atoms with Gasteiger partial charge in [-0.15, -0.1) is 11.3 Å². The van der Waals surface area contributed by atoms with Crippen LogP contribution in [0.1, 0.15) is 75.9 Å². The average Bonchev–Trinajstić information content (AvgIpc) is 3.80. The van der Waals surface area contributed by atoms with E-state index in [0.717, 1.165) is 27.7 Å². The van der Waals surface area contributed by atoms with Gasteiger partial charge in [0.1, 0.15) is 22.8 Å². The fraction of sp³-hybridized carbons (Fsp3) is 0.436. The summed E-state index contributed by atoms with van der Waals surface area (Å²) < 4.78 is 0. The summed E-state index contributed by atoms with van der Waals surface area (Å²) in [4.78, 5) is 97.9. The standard InChI is InChI=1S/C39H49N9O6S/c1-22(2)14-30-36-45-32(21-55-36)35(51)44-31(16-26-17-41-29-11-9-8-10-28(26)29)39(54)47(7)19-33(49)42-25(5)37(52)46(6)12-13-48(20-34(50)43-30)38(53)27-15-23(3)24(4)40-18-27/h8-11,15,17-18,21-22,25,30-31,41H,12-14,16,19-20H2,1-7H3,(H,42,49)(H,43,50)(H,44,51)/t25-,30-,31+/m0/s1. The van der Waals surface area contributed by atoms with Gasteiger partial charge in [0, 0.05) is 68.0 Å². The minimum absolute atomic E-state index is 0.00750. The Balaban J connectivity index is 1.47. The summed E-state index contributed by atoms with van der Waals surface area (Å²) in [6.45, 7) is 8.58. The van der Waals surface area contributed by atoms with Crippen molar-refractivity contribution in [3.05, 3.63) is 81.2 Å². The van der Waals surface area contributed by atoms with E-state index in [1.54, 1.807) is 24.7 Å². The second kappa shape index (κ2) is 17.7. The summed E-state index contributed by atoms with van der Waals surface area (Å²) >= 11 is 1.20. The summed E-state index contributed by atoms with van der Waals surface area (Å²) in [5.74, 6) is -2.88. The van der Waals surface area contributed by atoms with Gasteiger partial charge >= 0.3 is 0 Å². The Morgan fingerprint density at radius 1 is 0.927 bits per heavy atom. The molecule has 1 aliphatic rings. The minimum Gasteiger partial charge on any atom is -0.361 e. The highest BCUT2D eigenvalue weighted by molar-refractivity contribution is 7.09. The number of likely N-dealkylation sites (N-methyl/N-ethyl adjacent to an activating group) is 2. The molecule has 6 amide bonds. The number of thiazole rings is 1. The summed E-state index contributed by atoms with van der Waals surface area (Å²) in [7, 11) is 3.01. The molecule has 0 saturated carbocycles. The van der Waals surface area contributed by atoms with Crippen molar-refractivity contribution >= 4 is 57.7 Å². The predicted molar refractivity (Wildman–Crippen MR) is 208 cm³/mol. The molecule has 3 aromatic heterocycles. The maximum absolute atomic E-state index is 14.0. The number of para-hydroxylation sites is 1. The third-order valence-corrected chi connectivity index (χ3v) is 10.6. The minimum atomic E-state index is -1.07. The number of carbonyl (C=O) groups excluding carboxylic acids is 6. The number of nitrogens with zero attached hydrogens (tertiary/aromatic N) is 5. The van der Waals surface area contributed by atoms with Crippen molar-refractivity contribution in [1.82, 2.24) is 45.6 Å². The maximum atomic E-state index is 14.0. The molecule has 4 N–H and O–H groups in total. The highest BCUT2D eigenvalue weighted by Gasteiger charge is 2.31. The number of H-pyrrole nitrogens is 1. The molecule has 0 saturated heterocycles. The van der Waals surface area contributed by atoms with Crippen LogP contribution in [0.5, 0.6) is 0 Å². The fourth-order valence-corrected chi connectivity index (χ4v) is 7.29. The Kier molecular flexibility index (Phi) is 13.0. The first-order valence-corrected chi connectivity index (χ1v) is 19.1. The third-order valence-electron chi connectivity index (χ3n) is 9.59. The quantitative estimate of drug-likeness (QED) is 0.238. The van der Waals surface area contributed by atoms with Crippen molar-refractivity contribution in [2.45, 2.75) is 65.6 Å². The highest BCUT2D eigenvalue weighted by Crippen LogP contribution is 2.26. The van der Waals surface area contributed by atoms with Crippen molar-refractivity contribution in [1.29, 1.82) is 0 Å². The van der Waals surface area contributed by atoms with Crippen molar-refractivity contribution in [3.8, 4) is 0 Å². The van der Waals surface area contributed by atoms with Gasteiger partial charge < -0.3 is 35.6 Å². The lowest BCUT2D eigenvalue weighted by Gasteiger charge is -2.28. The molecule has 0 fully saturated rings. The molecule has 4 aromatic rings. The lowest BCUT2D eigenvalue weighted by molar-refractivity contribution is -0.138. The van der Waals surface area contributed by atoms with E-state index in [0.29, 0.717) is 17.0 Å². The van der Waals surface area contributed by atoms with Gasteiger partial charge in [-0.3, -0.25) is 33.8 Å². The number of amides is 6. The van der Waals surface area contributed by atoms with Gasteiger partial charge in [0.2, 0.25) is 23.6 Å². The Morgan fingerprint density at radius 2 is 1.65 bits per heavy atom. The van der Waals surface area contributed by atoms with E-state index in [4.69, 9.17) is 0 Å². The second-order valence-electron chi connectivity index (χ2n) is 14.5. The zero-order chi connectivity index (χ0) is 40.0. The second-order valence-corrected chi connectivity index (χ2v) is 15.4. The smallest absolute Gasteiger partial charge is 0.271 e. The number of aryl methyl sites for hydroxylation is 2. The zero-order valence-corrected chi connectivity index (χ0v) is 33.1. The number of rotatable bonds is 5. The van der Waals surface area contributed by atoms with Gasteiger partial charge in [-0.2, -0.15) is 0 Å². The SMILES string of the molecule is Cc1cc(C(=O)N2CCN(C)C(=O)[C@H](C)NC(=O)CN(C)C(=O)[C@@H](Cc3c[nH]c4ccccc34)NC(=O)c3csc(n3)[C@H](CC(C)C)NC(=O)C2)cnc1C. The molecule has 55 heavy (non-hydrogen) atoms. The number of hydrogen-bond donors (Lipinski definition) is 4. The van der Waals surface area contributed by atoms with E-state index in [1.165, 1.54) is 46.2 Å². The fourth-order valence-electron chi connectivity index (χ4n) is 6.43. The van der Waals surface area contributed by atoms with Crippen molar-refractivity contribution in [2.75, 3.05) is 40.3 Å². The van der Waals surface area contributed by atoms with Crippen molar-refractivity contribution < 1.29 is 28.8 Å². The molecule has 3 atom stereocenters. The number of aromatic nitrogens is 3. The number of nitrogens with one attached hydrogen (secondary N) is 4. The van der Waals surface area contributed by atoms with Crippen LogP contribution in [0.15, 0.2) is 48.1 Å². The van der Waals surface area contributed by atoms with Gasteiger partial charge in [-0.25, -0.2) is 4.98 Å². The number of carbonyl (C=O) groups is 6. The summed E-state index contributed by atoms with van der Waals surface area (Å²) in [6.07, 6.45) is 3.87. The molecule has 5 rings (SSSR count). The van der Waals surface area contributed by atoms with E-state index in [9.17, 15) is 28.8 Å². The molecule has 1 aliphatic heterocycles. The van der Waals surface area contributed by atoms with Crippen LogP contribution in [-0.2, 0) is 25.6 Å². The van der Waals surface area contributed by atoms with E-state index in [1.807, 2.05) is 52.0 Å². The first-order chi connectivity index (χ1) is 26.1. The number of hydrogen-bond acceptors (Lipinski definition) is 9. The van der Waals surface area contributed by atoms with Gasteiger partial charge in [-0.1, -0.05) is 32.0 Å². The van der Waals surface area contributed by atoms with Gasteiger partial charge in [-0.05, 0) is 56.4 Å². The van der Waals surface area contributed by atoms with Crippen LogP contribution in [0, 0.1) is 19.8 Å². The molecule has 15 nitrogen and oxygen atoms in total. The van der Waals surface area contributed by atoms with Crippen molar-refractivity contribution in [3.63, 3.8) is 0 Å². The largest absolute Gasteiger partial charge is 0.361 e. The molecule has 2 bridgehead atoms. The highest BCUT2D eigenvalue weighted by atomic mass is 32.1. The van der Waals surface area contributed by atoms with Crippen LogP contribution >= 0.6 is 11.3 Å². The van der Waals surface area contributed by atoms with Gasteiger partial charge in [0.05, 0.1) is 24.7 Å². The van der Waals surface area contributed by atoms with Crippen molar-refractivity contribution in [2.24, 2.45) is 5.92 Å². The number of aromatic amines is 1. The molecule has 292 valence electrons. The zero-order valence-electron chi connectivity index (χ0n) is 32.3. The molecule has 0 radical (unpaired) electrons. The van der Waals surface area contributed by atoms with E-state index in [-0.39, 0.29) is 44.2 Å². The monoisotopic (exact) mass is 771 g/mol. The molecular weight excluding hydrogens is 723 g/mol. The Morgan fingerprint density at radius 3 is 2.38 bits per heavy atom. The molecule has 1 aromatic carbocycles. The van der Waals surface area contributed by atoms with Gasteiger partial charge in [0.25, 0.3) is 11.8 Å². The Hall–Kier alpha value is -5.64. The molecule has 0 unspecified atom stereocenters.